The van der Waals surface area contributed by atoms with Crippen LogP contribution in [0.25, 0.3) is 0 Å². The van der Waals surface area contributed by atoms with E-state index in [4.69, 9.17) is 14.2 Å². The summed E-state index contributed by atoms with van der Waals surface area (Å²) >= 11 is 0. The number of nitrogens with zero attached hydrogens (tertiary/aromatic N) is 1. The molecule has 0 bridgehead atoms. The van der Waals surface area contributed by atoms with Crippen molar-refractivity contribution in [1.82, 2.24) is 10.6 Å². The van der Waals surface area contributed by atoms with E-state index in [1.807, 2.05) is 6.92 Å². The van der Waals surface area contributed by atoms with Crippen LogP contribution < -0.4 is 10.6 Å². The molecule has 0 saturated carbocycles. The monoisotopic (exact) mass is 389 g/mol. The van der Waals surface area contributed by atoms with Gasteiger partial charge in [-0.25, -0.2) is 0 Å². The Bertz CT molecular complexity index is 207. The molecular formula is C12H28IN3O3. The minimum absolute atomic E-state index is 0. The van der Waals surface area contributed by atoms with Crippen molar-refractivity contribution in [3.8, 4) is 0 Å². The lowest BCUT2D eigenvalue weighted by atomic mass is 10.4. The SMILES string of the molecule is CCOCCNC(=NC)NCCCOCCOC.I. The molecule has 7 heteroatoms. The standard InChI is InChI=1S/C12H27N3O3.HI/c1-4-17-9-7-15-12(13-2)14-6-5-8-18-11-10-16-3;/h4-11H2,1-3H3,(H2,13,14,15);1H. The van der Waals surface area contributed by atoms with Crippen molar-refractivity contribution in [2.24, 2.45) is 4.99 Å². The van der Waals surface area contributed by atoms with Crippen molar-refractivity contribution in [1.29, 1.82) is 0 Å². The molecule has 0 aliphatic carbocycles. The van der Waals surface area contributed by atoms with Gasteiger partial charge < -0.3 is 24.8 Å². The summed E-state index contributed by atoms with van der Waals surface area (Å²) < 4.78 is 15.5. The minimum atomic E-state index is 0. The fourth-order valence-corrected chi connectivity index (χ4v) is 1.23. The van der Waals surface area contributed by atoms with E-state index in [1.54, 1.807) is 14.2 Å². The molecule has 0 rings (SSSR count). The highest BCUT2D eigenvalue weighted by molar-refractivity contribution is 14.0. The zero-order chi connectivity index (χ0) is 13.5. The van der Waals surface area contributed by atoms with E-state index < -0.39 is 0 Å². The lowest BCUT2D eigenvalue weighted by Crippen LogP contribution is -2.39. The molecule has 116 valence electrons. The van der Waals surface area contributed by atoms with Gasteiger partial charge in [-0.15, -0.1) is 24.0 Å². The van der Waals surface area contributed by atoms with Crippen LogP contribution in [0.4, 0.5) is 0 Å². The van der Waals surface area contributed by atoms with Gasteiger partial charge in [-0.05, 0) is 13.3 Å². The van der Waals surface area contributed by atoms with Crippen molar-refractivity contribution in [2.45, 2.75) is 13.3 Å². The zero-order valence-corrected chi connectivity index (χ0v) is 14.6. The second-order valence-electron chi connectivity index (χ2n) is 3.58. The lowest BCUT2D eigenvalue weighted by molar-refractivity contribution is 0.0698. The number of aliphatic imine (C=N–C) groups is 1. The molecule has 0 radical (unpaired) electrons. The van der Waals surface area contributed by atoms with Crippen molar-refractivity contribution < 1.29 is 14.2 Å². The third kappa shape index (κ3) is 15.8. The van der Waals surface area contributed by atoms with E-state index in [9.17, 15) is 0 Å². The fourth-order valence-electron chi connectivity index (χ4n) is 1.23. The Kier molecular flexibility index (Phi) is 19.9. The summed E-state index contributed by atoms with van der Waals surface area (Å²) in [6.45, 7) is 7.04. The van der Waals surface area contributed by atoms with E-state index >= 15 is 0 Å². The third-order valence-electron chi connectivity index (χ3n) is 2.16. The summed E-state index contributed by atoms with van der Waals surface area (Å²) in [5.41, 5.74) is 0. The highest BCUT2D eigenvalue weighted by atomic mass is 127. The summed E-state index contributed by atoms with van der Waals surface area (Å²) in [5, 5.41) is 6.38. The lowest BCUT2D eigenvalue weighted by Gasteiger charge is -2.11. The summed E-state index contributed by atoms with van der Waals surface area (Å²) in [7, 11) is 3.42. The number of nitrogens with one attached hydrogen (secondary N) is 2. The Balaban J connectivity index is 0. The average Bonchev–Trinajstić information content (AvgIpc) is 2.40. The molecule has 0 amide bonds. The zero-order valence-electron chi connectivity index (χ0n) is 12.2. The van der Waals surface area contributed by atoms with Crippen LogP contribution in [0.5, 0.6) is 0 Å². The normalized spacial score (nSPS) is 11.0. The van der Waals surface area contributed by atoms with E-state index in [2.05, 4.69) is 15.6 Å². The maximum Gasteiger partial charge on any atom is 0.191 e. The molecule has 0 aliphatic heterocycles. The first-order valence-corrected chi connectivity index (χ1v) is 6.44. The average molecular weight is 389 g/mol. The molecule has 0 atom stereocenters. The van der Waals surface area contributed by atoms with Gasteiger partial charge in [-0.2, -0.15) is 0 Å². The molecule has 0 heterocycles. The number of hydrogen-bond acceptors (Lipinski definition) is 4. The van der Waals surface area contributed by atoms with Gasteiger partial charge in [0.2, 0.25) is 0 Å². The Labute approximate surface area is 133 Å². The quantitative estimate of drug-likeness (QED) is 0.238. The number of halogens is 1. The Morgan fingerprint density at radius 2 is 1.74 bits per heavy atom. The van der Waals surface area contributed by atoms with Crippen molar-refractivity contribution in [3.63, 3.8) is 0 Å². The number of rotatable bonds is 11. The van der Waals surface area contributed by atoms with Gasteiger partial charge >= 0.3 is 0 Å². The Hall–Kier alpha value is -0.120. The van der Waals surface area contributed by atoms with Crippen molar-refractivity contribution in [2.75, 3.05) is 60.3 Å². The Morgan fingerprint density at radius 3 is 2.37 bits per heavy atom. The molecule has 0 aromatic rings. The number of ether oxygens (including phenoxy) is 3. The van der Waals surface area contributed by atoms with Crippen LogP contribution in [0.3, 0.4) is 0 Å². The van der Waals surface area contributed by atoms with E-state index in [0.29, 0.717) is 19.8 Å². The van der Waals surface area contributed by atoms with Crippen molar-refractivity contribution >= 4 is 29.9 Å². The highest BCUT2D eigenvalue weighted by Crippen LogP contribution is 1.82. The Morgan fingerprint density at radius 1 is 1.00 bits per heavy atom. The summed E-state index contributed by atoms with van der Waals surface area (Å²) in [5.74, 6) is 0.798. The maximum atomic E-state index is 5.36. The summed E-state index contributed by atoms with van der Waals surface area (Å²) in [6.07, 6.45) is 0.940. The number of methoxy groups -OCH3 is 1. The van der Waals surface area contributed by atoms with Crippen LogP contribution in [-0.2, 0) is 14.2 Å². The molecule has 19 heavy (non-hydrogen) atoms. The molecule has 2 N–H and O–H groups in total. The smallest absolute Gasteiger partial charge is 0.191 e. The molecular weight excluding hydrogens is 361 g/mol. The molecule has 0 unspecified atom stereocenters. The maximum absolute atomic E-state index is 5.36. The molecule has 0 aromatic heterocycles. The van der Waals surface area contributed by atoms with Crippen LogP contribution >= 0.6 is 24.0 Å². The fraction of sp³-hybridized carbons (Fsp3) is 0.917. The van der Waals surface area contributed by atoms with Crippen LogP contribution in [0.15, 0.2) is 4.99 Å². The van der Waals surface area contributed by atoms with Gasteiger partial charge in [0.05, 0.1) is 19.8 Å². The number of hydrogen-bond donors (Lipinski definition) is 2. The topological polar surface area (TPSA) is 64.1 Å². The van der Waals surface area contributed by atoms with Crippen LogP contribution in [-0.4, -0.2) is 66.2 Å². The van der Waals surface area contributed by atoms with Gasteiger partial charge in [-0.3, -0.25) is 4.99 Å². The van der Waals surface area contributed by atoms with Crippen LogP contribution in [0, 0.1) is 0 Å². The summed E-state index contributed by atoms with van der Waals surface area (Å²) in [4.78, 5) is 4.11. The largest absolute Gasteiger partial charge is 0.382 e. The van der Waals surface area contributed by atoms with E-state index in [1.165, 1.54) is 0 Å². The second kappa shape index (κ2) is 17.9. The first-order chi connectivity index (χ1) is 8.85. The first kappa shape index (κ1) is 21.2. The second-order valence-corrected chi connectivity index (χ2v) is 3.58. The molecule has 0 fully saturated rings. The van der Waals surface area contributed by atoms with E-state index in [0.717, 1.165) is 38.7 Å². The molecule has 0 spiro atoms. The highest BCUT2D eigenvalue weighted by Gasteiger charge is 1.96. The van der Waals surface area contributed by atoms with Gasteiger partial charge in [-0.1, -0.05) is 0 Å². The van der Waals surface area contributed by atoms with Crippen LogP contribution in [0.2, 0.25) is 0 Å². The van der Waals surface area contributed by atoms with Crippen LogP contribution in [0.1, 0.15) is 13.3 Å². The molecule has 0 aromatic carbocycles. The first-order valence-electron chi connectivity index (χ1n) is 6.44. The summed E-state index contributed by atoms with van der Waals surface area (Å²) in [6, 6.07) is 0. The third-order valence-corrected chi connectivity index (χ3v) is 2.16. The van der Waals surface area contributed by atoms with Gasteiger partial charge in [0, 0.05) is 40.5 Å². The predicted molar refractivity (Wildman–Crippen MR) is 88.6 cm³/mol. The molecule has 6 nitrogen and oxygen atoms in total. The van der Waals surface area contributed by atoms with Crippen molar-refractivity contribution in [3.05, 3.63) is 0 Å². The van der Waals surface area contributed by atoms with Gasteiger partial charge in [0.15, 0.2) is 5.96 Å². The van der Waals surface area contributed by atoms with E-state index in [-0.39, 0.29) is 24.0 Å². The predicted octanol–water partition coefficient (Wildman–Crippen LogP) is 0.859. The number of guanidine groups is 1. The molecule has 0 aliphatic rings. The molecule has 0 saturated heterocycles. The minimum Gasteiger partial charge on any atom is -0.382 e. The van der Waals surface area contributed by atoms with Gasteiger partial charge in [0.1, 0.15) is 0 Å². The van der Waals surface area contributed by atoms with Gasteiger partial charge in [0.25, 0.3) is 0 Å².